The van der Waals surface area contributed by atoms with Crippen LogP contribution in [0.1, 0.15) is 59.8 Å². The highest BCUT2D eigenvalue weighted by Crippen LogP contribution is 2.47. The first-order valence-corrected chi connectivity index (χ1v) is 6.77. The molecule has 0 aromatic carbocycles. The SMILES string of the molecule is CC1C/C=C/C(C)(C)CC2OC2(C)CCC1. The summed E-state index contributed by atoms with van der Waals surface area (Å²) < 4.78 is 5.91. The molecule has 0 N–H and O–H groups in total. The second kappa shape index (κ2) is 4.18. The van der Waals surface area contributed by atoms with E-state index in [0.29, 0.717) is 11.5 Å². The topological polar surface area (TPSA) is 12.5 Å². The zero-order valence-corrected chi connectivity index (χ0v) is 11.3. The molecule has 3 unspecified atom stereocenters. The summed E-state index contributed by atoms with van der Waals surface area (Å²) in [6.45, 7) is 9.31. The third-order valence-corrected chi connectivity index (χ3v) is 4.22. The van der Waals surface area contributed by atoms with Gasteiger partial charge in [0.25, 0.3) is 0 Å². The van der Waals surface area contributed by atoms with E-state index in [1.165, 1.54) is 32.1 Å². The van der Waals surface area contributed by atoms with Gasteiger partial charge < -0.3 is 4.74 Å². The Balaban J connectivity index is 2.04. The van der Waals surface area contributed by atoms with E-state index in [-0.39, 0.29) is 5.60 Å². The van der Waals surface area contributed by atoms with Crippen LogP contribution in [0, 0.1) is 11.3 Å². The molecule has 0 aromatic heterocycles. The molecule has 1 aliphatic carbocycles. The summed E-state index contributed by atoms with van der Waals surface area (Å²) in [5, 5.41) is 0. The Morgan fingerprint density at radius 3 is 2.75 bits per heavy atom. The van der Waals surface area contributed by atoms with Gasteiger partial charge in [-0.25, -0.2) is 0 Å². The fourth-order valence-electron chi connectivity index (χ4n) is 2.85. The van der Waals surface area contributed by atoms with Gasteiger partial charge in [-0.1, -0.05) is 45.8 Å². The third-order valence-electron chi connectivity index (χ3n) is 4.22. The van der Waals surface area contributed by atoms with Crippen molar-refractivity contribution in [1.29, 1.82) is 0 Å². The second-order valence-corrected chi connectivity index (χ2v) is 6.75. The minimum atomic E-state index is 0.204. The first kappa shape index (κ1) is 12.2. The number of hydrogen-bond donors (Lipinski definition) is 0. The maximum absolute atomic E-state index is 5.91. The summed E-state index contributed by atoms with van der Waals surface area (Å²) >= 11 is 0. The largest absolute Gasteiger partial charge is 0.366 e. The van der Waals surface area contributed by atoms with Gasteiger partial charge in [0.1, 0.15) is 0 Å². The lowest BCUT2D eigenvalue weighted by atomic mass is 9.84. The maximum Gasteiger partial charge on any atom is 0.0920 e. The number of hydrogen-bond acceptors (Lipinski definition) is 1. The molecule has 1 saturated heterocycles. The quantitative estimate of drug-likeness (QED) is 0.439. The van der Waals surface area contributed by atoms with Gasteiger partial charge in [0, 0.05) is 0 Å². The third kappa shape index (κ3) is 2.88. The van der Waals surface area contributed by atoms with Gasteiger partial charge in [0.15, 0.2) is 0 Å². The summed E-state index contributed by atoms with van der Waals surface area (Å²) in [4.78, 5) is 0. The summed E-state index contributed by atoms with van der Waals surface area (Å²) in [7, 11) is 0. The minimum absolute atomic E-state index is 0.204. The van der Waals surface area contributed by atoms with Crippen LogP contribution in [-0.2, 0) is 4.74 Å². The monoisotopic (exact) mass is 222 g/mol. The van der Waals surface area contributed by atoms with Crippen LogP contribution in [0.3, 0.4) is 0 Å². The van der Waals surface area contributed by atoms with Gasteiger partial charge in [-0.3, -0.25) is 0 Å². The van der Waals surface area contributed by atoms with Crippen LogP contribution in [0.25, 0.3) is 0 Å². The second-order valence-electron chi connectivity index (χ2n) is 6.75. The molecule has 0 saturated carbocycles. The van der Waals surface area contributed by atoms with Crippen LogP contribution in [-0.4, -0.2) is 11.7 Å². The standard InChI is InChI=1S/C15H26O/c1-12-7-5-9-14(2,3)11-13-15(4,16-13)10-6-8-12/h5,9,12-13H,6-8,10-11H2,1-4H3/b9-5+. The van der Waals surface area contributed by atoms with Crippen LogP contribution in [0.4, 0.5) is 0 Å². The van der Waals surface area contributed by atoms with Gasteiger partial charge in [0.05, 0.1) is 11.7 Å². The van der Waals surface area contributed by atoms with E-state index in [4.69, 9.17) is 4.74 Å². The molecule has 92 valence electrons. The van der Waals surface area contributed by atoms with E-state index >= 15 is 0 Å². The molecular weight excluding hydrogens is 196 g/mol. The maximum atomic E-state index is 5.91. The zero-order chi connectivity index (χ0) is 11.8. The van der Waals surface area contributed by atoms with E-state index in [0.717, 1.165) is 5.92 Å². The summed E-state index contributed by atoms with van der Waals surface area (Å²) in [6.07, 6.45) is 11.6. The van der Waals surface area contributed by atoms with Crippen molar-refractivity contribution in [3.63, 3.8) is 0 Å². The van der Waals surface area contributed by atoms with Gasteiger partial charge in [0.2, 0.25) is 0 Å². The van der Waals surface area contributed by atoms with E-state index in [1.54, 1.807) is 0 Å². The Morgan fingerprint density at radius 2 is 2.00 bits per heavy atom. The van der Waals surface area contributed by atoms with Crippen molar-refractivity contribution in [2.75, 3.05) is 0 Å². The fourth-order valence-corrected chi connectivity index (χ4v) is 2.85. The average molecular weight is 222 g/mol. The fraction of sp³-hybridized carbons (Fsp3) is 0.867. The molecule has 16 heavy (non-hydrogen) atoms. The summed E-state index contributed by atoms with van der Waals surface area (Å²) in [5.41, 5.74) is 0.502. The molecule has 0 aromatic rings. The molecule has 0 amide bonds. The Kier molecular flexibility index (Phi) is 3.18. The Bertz CT molecular complexity index is 279. The first-order chi connectivity index (χ1) is 7.41. The van der Waals surface area contributed by atoms with Crippen molar-refractivity contribution in [3.05, 3.63) is 12.2 Å². The van der Waals surface area contributed by atoms with Crippen LogP contribution in [0.2, 0.25) is 0 Å². The molecule has 1 fully saturated rings. The number of ether oxygens (including phenoxy) is 1. The normalized spacial score (nSPS) is 45.2. The highest BCUT2D eigenvalue weighted by atomic mass is 16.6. The molecule has 1 nitrogen and oxygen atoms in total. The van der Waals surface area contributed by atoms with E-state index in [2.05, 4.69) is 39.8 Å². The number of rotatable bonds is 0. The van der Waals surface area contributed by atoms with Crippen molar-refractivity contribution in [3.8, 4) is 0 Å². The summed E-state index contributed by atoms with van der Waals surface area (Å²) in [6, 6.07) is 0. The van der Waals surface area contributed by atoms with Crippen molar-refractivity contribution in [2.45, 2.75) is 71.5 Å². The molecule has 0 spiro atoms. The molecule has 1 heteroatoms. The van der Waals surface area contributed by atoms with Gasteiger partial charge in [-0.15, -0.1) is 0 Å². The van der Waals surface area contributed by atoms with Gasteiger partial charge >= 0.3 is 0 Å². The van der Waals surface area contributed by atoms with Crippen LogP contribution < -0.4 is 0 Å². The predicted molar refractivity (Wildman–Crippen MR) is 68.4 cm³/mol. The first-order valence-electron chi connectivity index (χ1n) is 6.77. The lowest BCUT2D eigenvalue weighted by Gasteiger charge is -2.19. The molecule has 3 atom stereocenters. The van der Waals surface area contributed by atoms with Gasteiger partial charge in [-0.05, 0) is 37.5 Å². The highest BCUT2D eigenvalue weighted by Gasteiger charge is 2.52. The molecule has 0 bridgehead atoms. The van der Waals surface area contributed by atoms with Crippen LogP contribution in [0.5, 0.6) is 0 Å². The Morgan fingerprint density at radius 1 is 1.25 bits per heavy atom. The number of epoxide rings is 1. The number of allylic oxidation sites excluding steroid dienone is 2. The molecule has 2 rings (SSSR count). The van der Waals surface area contributed by atoms with Crippen molar-refractivity contribution >= 4 is 0 Å². The molecule has 0 radical (unpaired) electrons. The van der Waals surface area contributed by atoms with E-state index in [1.807, 2.05) is 0 Å². The zero-order valence-electron chi connectivity index (χ0n) is 11.3. The summed E-state index contributed by atoms with van der Waals surface area (Å²) in [5.74, 6) is 0.825. The average Bonchev–Trinajstić information content (AvgIpc) is 2.73. The van der Waals surface area contributed by atoms with Crippen LogP contribution in [0.15, 0.2) is 12.2 Å². The minimum Gasteiger partial charge on any atom is -0.366 e. The lowest BCUT2D eigenvalue weighted by molar-refractivity contribution is 0.271. The highest BCUT2D eigenvalue weighted by molar-refractivity contribution is 5.06. The number of fused-ring (bicyclic) bond motifs is 1. The smallest absolute Gasteiger partial charge is 0.0920 e. The van der Waals surface area contributed by atoms with Gasteiger partial charge in [-0.2, -0.15) is 0 Å². The van der Waals surface area contributed by atoms with Crippen molar-refractivity contribution in [1.82, 2.24) is 0 Å². The Labute approximate surface area is 100 Å². The predicted octanol–water partition coefficient (Wildman–Crippen LogP) is 4.33. The van der Waals surface area contributed by atoms with E-state index < -0.39 is 0 Å². The van der Waals surface area contributed by atoms with E-state index in [9.17, 15) is 0 Å². The van der Waals surface area contributed by atoms with Crippen molar-refractivity contribution in [2.24, 2.45) is 11.3 Å². The molecular formula is C15H26O. The van der Waals surface area contributed by atoms with Crippen LogP contribution >= 0.6 is 0 Å². The van der Waals surface area contributed by atoms with Crippen molar-refractivity contribution < 1.29 is 4.74 Å². The molecule has 2 aliphatic rings. The molecule has 1 aliphatic heterocycles. The molecule has 1 heterocycles. The Hall–Kier alpha value is -0.300. The lowest BCUT2D eigenvalue weighted by Crippen LogP contribution is -2.17.